The molecule has 1 heterocycles. The van der Waals surface area contributed by atoms with Crippen molar-refractivity contribution in [2.75, 3.05) is 19.6 Å². The van der Waals surface area contributed by atoms with Gasteiger partial charge in [-0.1, -0.05) is 24.3 Å². The van der Waals surface area contributed by atoms with Crippen LogP contribution in [-0.2, 0) is 0 Å². The topological polar surface area (TPSA) is 35.5 Å². The molecule has 1 fully saturated rings. The molecular weight excluding hydrogens is 358 g/mol. The second-order valence-corrected chi connectivity index (χ2v) is 7.12. The van der Waals surface area contributed by atoms with Crippen LogP contribution in [0.2, 0.25) is 0 Å². The van der Waals surface area contributed by atoms with Crippen molar-refractivity contribution < 1.29 is 13.9 Å². The smallest absolute Gasteiger partial charge is 0.123 e. The molecular formula is C20H25ClF2N2O. The third-order valence-corrected chi connectivity index (χ3v) is 4.80. The molecule has 0 saturated carbocycles. The molecule has 0 amide bonds. The Hall–Kier alpha value is -1.53. The van der Waals surface area contributed by atoms with Gasteiger partial charge in [0.25, 0.3) is 0 Å². The van der Waals surface area contributed by atoms with Gasteiger partial charge in [0.15, 0.2) is 0 Å². The van der Waals surface area contributed by atoms with Gasteiger partial charge in [0.2, 0.25) is 0 Å². The second-order valence-electron chi connectivity index (χ2n) is 7.12. The highest BCUT2D eigenvalue weighted by Gasteiger charge is 2.38. The third-order valence-electron chi connectivity index (χ3n) is 4.80. The Morgan fingerprint density at radius 1 is 1.00 bits per heavy atom. The lowest BCUT2D eigenvalue weighted by Crippen LogP contribution is -2.60. The molecule has 2 N–H and O–H groups in total. The van der Waals surface area contributed by atoms with Crippen molar-refractivity contribution >= 4 is 12.4 Å². The molecule has 1 saturated heterocycles. The molecule has 1 unspecified atom stereocenters. The van der Waals surface area contributed by atoms with Crippen LogP contribution in [-0.4, -0.2) is 41.3 Å². The molecule has 0 bridgehead atoms. The van der Waals surface area contributed by atoms with E-state index >= 15 is 0 Å². The number of hydrogen-bond donors (Lipinski definition) is 2. The minimum Gasteiger partial charge on any atom is -0.389 e. The first kappa shape index (κ1) is 20.8. The monoisotopic (exact) mass is 382 g/mol. The summed E-state index contributed by atoms with van der Waals surface area (Å²) in [5.41, 5.74) is 0.930. The van der Waals surface area contributed by atoms with E-state index in [2.05, 4.69) is 10.2 Å². The molecule has 3 rings (SSSR count). The maximum Gasteiger partial charge on any atom is 0.123 e. The van der Waals surface area contributed by atoms with Gasteiger partial charge in [0, 0.05) is 19.6 Å². The Morgan fingerprint density at radius 3 is 1.88 bits per heavy atom. The molecule has 2 aromatic rings. The first-order valence-corrected chi connectivity index (χ1v) is 8.56. The molecule has 0 spiro atoms. The Bertz CT molecular complexity index is 656. The Balaban J connectivity index is 0.00000243. The molecule has 3 nitrogen and oxygen atoms in total. The third kappa shape index (κ3) is 4.60. The number of nitrogens with one attached hydrogen (secondary N) is 1. The van der Waals surface area contributed by atoms with Crippen molar-refractivity contribution in [2.24, 2.45) is 0 Å². The van der Waals surface area contributed by atoms with Gasteiger partial charge in [-0.25, -0.2) is 8.78 Å². The van der Waals surface area contributed by atoms with E-state index in [1.165, 1.54) is 24.3 Å². The summed E-state index contributed by atoms with van der Waals surface area (Å²) in [4.78, 5) is 2.22. The Labute approximate surface area is 159 Å². The second kappa shape index (κ2) is 8.44. The molecule has 142 valence electrons. The average molecular weight is 383 g/mol. The Morgan fingerprint density at radius 2 is 1.46 bits per heavy atom. The summed E-state index contributed by atoms with van der Waals surface area (Å²) >= 11 is 0. The predicted molar refractivity (Wildman–Crippen MR) is 102 cm³/mol. The maximum absolute atomic E-state index is 13.4. The minimum atomic E-state index is -0.911. The van der Waals surface area contributed by atoms with Crippen LogP contribution in [0.5, 0.6) is 0 Å². The van der Waals surface area contributed by atoms with Crippen LogP contribution < -0.4 is 5.32 Å². The van der Waals surface area contributed by atoms with Gasteiger partial charge in [-0.3, -0.25) is 4.90 Å². The number of aliphatic hydroxyl groups is 1. The van der Waals surface area contributed by atoms with E-state index in [1.54, 1.807) is 38.1 Å². The normalized spacial score (nSPS) is 18.6. The molecule has 0 aromatic heterocycles. The van der Waals surface area contributed by atoms with Crippen LogP contribution >= 0.6 is 12.4 Å². The summed E-state index contributed by atoms with van der Waals surface area (Å²) < 4.78 is 26.8. The number of hydrogen-bond acceptors (Lipinski definition) is 3. The fourth-order valence-electron chi connectivity index (χ4n) is 3.55. The van der Waals surface area contributed by atoms with Gasteiger partial charge in [-0.15, -0.1) is 12.4 Å². The van der Waals surface area contributed by atoms with Crippen LogP contribution in [0.25, 0.3) is 0 Å². The van der Waals surface area contributed by atoms with E-state index in [-0.39, 0.29) is 36.1 Å². The van der Waals surface area contributed by atoms with Gasteiger partial charge >= 0.3 is 0 Å². The molecule has 1 aliphatic rings. The summed E-state index contributed by atoms with van der Waals surface area (Å²) in [6.07, 6.45) is 0. The molecule has 26 heavy (non-hydrogen) atoms. The zero-order valence-corrected chi connectivity index (χ0v) is 15.8. The van der Waals surface area contributed by atoms with Gasteiger partial charge in [0.05, 0.1) is 17.7 Å². The van der Waals surface area contributed by atoms with Crippen LogP contribution in [0.15, 0.2) is 48.5 Å². The highest BCUT2D eigenvalue weighted by Crippen LogP contribution is 2.34. The zero-order valence-electron chi connectivity index (χ0n) is 15.0. The highest BCUT2D eigenvalue weighted by atomic mass is 35.5. The van der Waals surface area contributed by atoms with E-state index in [4.69, 9.17) is 0 Å². The van der Waals surface area contributed by atoms with Gasteiger partial charge in [-0.2, -0.15) is 0 Å². The highest BCUT2D eigenvalue weighted by molar-refractivity contribution is 5.85. The van der Waals surface area contributed by atoms with Gasteiger partial charge in [-0.05, 0) is 49.2 Å². The number of nitrogens with zero attached hydrogens (tertiary/aromatic N) is 1. The van der Waals surface area contributed by atoms with E-state index in [0.29, 0.717) is 6.54 Å². The quantitative estimate of drug-likeness (QED) is 0.849. The lowest BCUT2D eigenvalue weighted by molar-refractivity contribution is -0.0411. The molecule has 1 aliphatic heterocycles. The molecule has 2 aromatic carbocycles. The van der Waals surface area contributed by atoms with E-state index in [0.717, 1.165) is 24.2 Å². The van der Waals surface area contributed by atoms with Crippen LogP contribution in [0.3, 0.4) is 0 Å². The van der Waals surface area contributed by atoms with Crippen LogP contribution in [0, 0.1) is 11.6 Å². The first-order valence-electron chi connectivity index (χ1n) is 8.56. The van der Waals surface area contributed by atoms with Crippen molar-refractivity contribution in [3.05, 3.63) is 71.3 Å². The van der Waals surface area contributed by atoms with E-state index < -0.39 is 5.60 Å². The largest absolute Gasteiger partial charge is 0.389 e. The van der Waals surface area contributed by atoms with Gasteiger partial charge < -0.3 is 10.4 Å². The summed E-state index contributed by atoms with van der Waals surface area (Å²) in [7, 11) is 0. The van der Waals surface area contributed by atoms with Crippen molar-refractivity contribution in [1.82, 2.24) is 10.2 Å². The van der Waals surface area contributed by atoms with Crippen molar-refractivity contribution in [1.29, 1.82) is 0 Å². The summed E-state index contributed by atoms with van der Waals surface area (Å²) in [6.45, 7) is 5.77. The molecule has 6 heteroatoms. The molecule has 0 aliphatic carbocycles. The van der Waals surface area contributed by atoms with E-state index in [9.17, 15) is 13.9 Å². The summed E-state index contributed by atoms with van der Waals surface area (Å²) in [5, 5.41) is 14.0. The first-order chi connectivity index (χ1) is 11.9. The number of benzene rings is 2. The standard InChI is InChI=1S/C20H24F2N2O.ClH/c1-20(2,25)18-13-23-11-12-24(18)19(14-3-7-16(21)8-4-14)15-5-9-17(22)10-6-15;/h3-10,18-19,23,25H,11-13H2,1-2H3;1H. The predicted octanol–water partition coefficient (Wildman–Crippen LogP) is 3.52. The van der Waals surface area contributed by atoms with Gasteiger partial charge in [0.1, 0.15) is 11.6 Å². The maximum atomic E-state index is 13.4. The molecule has 1 atom stereocenters. The average Bonchev–Trinajstić information content (AvgIpc) is 2.58. The number of piperazine rings is 1. The Kier molecular flexibility index (Phi) is 6.74. The van der Waals surface area contributed by atoms with Crippen LogP contribution in [0.1, 0.15) is 31.0 Å². The van der Waals surface area contributed by atoms with Crippen LogP contribution in [0.4, 0.5) is 8.78 Å². The summed E-state index contributed by atoms with van der Waals surface area (Å²) in [5.74, 6) is -0.582. The minimum absolute atomic E-state index is 0. The number of rotatable bonds is 4. The van der Waals surface area contributed by atoms with Crippen molar-refractivity contribution in [3.8, 4) is 0 Å². The summed E-state index contributed by atoms with van der Waals surface area (Å²) in [6, 6.07) is 12.5. The fraction of sp³-hybridized carbons (Fsp3) is 0.400. The van der Waals surface area contributed by atoms with E-state index in [1.807, 2.05) is 0 Å². The fourth-order valence-corrected chi connectivity index (χ4v) is 3.55. The zero-order chi connectivity index (χ0) is 18.0. The number of halogens is 3. The lowest BCUT2D eigenvalue weighted by Gasteiger charge is -2.46. The van der Waals surface area contributed by atoms with Crippen molar-refractivity contribution in [2.45, 2.75) is 31.5 Å². The lowest BCUT2D eigenvalue weighted by atomic mass is 9.89. The SMILES string of the molecule is CC(C)(O)C1CNCCN1C(c1ccc(F)cc1)c1ccc(F)cc1.Cl. The molecule has 0 radical (unpaired) electrons. The van der Waals surface area contributed by atoms with Crippen molar-refractivity contribution in [3.63, 3.8) is 0 Å².